The van der Waals surface area contributed by atoms with Crippen LogP contribution in [-0.4, -0.2) is 37.8 Å². The average Bonchev–Trinajstić information content (AvgIpc) is 2.46. The second kappa shape index (κ2) is 6.91. The molecule has 0 radical (unpaired) electrons. The minimum atomic E-state index is -3.56. The maximum Gasteiger partial charge on any atom is 0.243 e. The fraction of sp³-hybridized carbons (Fsp3) is 0.400. The molecule has 22 heavy (non-hydrogen) atoms. The number of benzene rings is 1. The molecule has 1 heterocycles. The van der Waals surface area contributed by atoms with Crippen LogP contribution in [0.4, 0.5) is 0 Å². The van der Waals surface area contributed by atoms with Gasteiger partial charge in [0.05, 0.1) is 4.90 Å². The van der Waals surface area contributed by atoms with Crippen molar-refractivity contribution in [2.45, 2.75) is 18.7 Å². The Bertz CT molecular complexity index is 742. The minimum absolute atomic E-state index is 0. The van der Waals surface area contributed by atoms with Crippen molar-refractivity contribution in [3.63, 3.8) is 0 Å². The van der Waals surface area contributed by atoms with Gasteiger partial charge in [0.1, 0.15) is 0 Å². The first-order valence-corrected chi connectivity index (χ1v) is 8.21. The second-order valence-corrected chi connectivity index (χ2v) is 8.00. The van der Waals surface area contributed by atoms with Crippen molar-refractivity contribution in [2.75, 3.05) is 20.1 Å². The van der Waals surface area contributed by atoms with Gasteiger partial charge in [-0.3, -0.25) is 4.98 Å². The fourth-order valence-corrected chi connectivity index (χ4v) is 3.81. The third-order valence-corrected chi connectivity index (χ3v) is 5.39. The van der Waals surface area contributed by atoms with Gasteiger partial charge in [-0.2, -0.15) is 0 Å². The minimum Gasteiger partial charge on any atom is -0.330 e. The first-order chi connectivity index (χ1) is 9.78. The summed E-state index contributed by atoms with van der Waals surface area (Å²) < 4.78 is 27.0. The van der Waals surface area contributed by atoms with Gasteiger partial charge in [0.2, 0.25) is 10.0 Å². The number of sulfonamides is 1. The molecule has 1 aromatic heterocycles. The molecule has 0 saturated heterocycles. The van der Waals surface area contributed by atoms with Crippen LogP contribution in [0.25, 0.3) is 10.8 Å². The van der Waals surface area contributed by atoms with Gasteiger partial charge in [0.25, 0.3) is 0 Å². The summed E-state index contributed by atoms with van der Waals surface area (Å²) in [5, 5.41) is 1.50. The summed E-state index contributed by atoms with van der Waals surface area (Å²) in [6.45, 7) is 4.69. The molecule has 2 aromatic rings. The molecule has 2 N–H and O–H groups in total. The molecule has 0 aliphatic rings. The molecule has 0 aliphatic carbocycles. The first kappa shape index (κ1) is 18.8. The molecule has 0 spiro atoms. The van der Waals surface area contributed by atoms with Crippen molar-refractivity contribution in [3.05, 3.63) is 36.7 Å². The van der Waals surface area contributed by atoms with E-state index in [2.05, 4.69) is 4.98 Å². The highest BCUT2D eigenvalue weighted by atomic mass is 35.5. The van der Waals surface area contributed by atoms with Crippen molar-refractivity contribution in [2.24, 2.45) is 11.1 Å². The quantitative estimate of drug-likeness (QED) is 0.903. The Morgan fingerprint density at radius 3 is 2.59 bits per heavy atom. The van der Waals surface area contributed by atoms with E-state index in [-0.39, 0.29) is 17.8 Å². The van der Waals surface area contributed by atoms with Crippen molar-refractivity contribution in [1.29, 1.82) is 0 Å². The summed E-state index contributed by atoms with van der Waals surface area (Å²) in [7, 11) is -1.97. The van der Waals surface area contributed by atoms with Crippen LogP contribution in [0, 0.1) is 5.41 Å². The van der Waals surface area contributed by atoms with Gasteiger partial charge in [-0.25, -0.2) is 12.7 Å². The van der Waals surface area contributed by atoms with E-state index in [0.29, 0.717) is 23.4 Å². The number of hydrogen-bond acceptors (Lipinski definition) is 4. The molecule has 7 heteroatoms. The third-order valence-electron chi connectivity index (χ3n) is 3.53. The van der Waals surface area contributed by atoms with Crippen LogP contribution in [0.5, 0.6) is 0 Å². The Hall–Kier alpha value is -1.21. The molecule has 0 aliphatic heterocycles. The van der Waals surface area contributed by atoms with Gasteiger partial charge in [0, 0.05) is 36.8 Å². The molecule has 5 nitrogen and oxygen atoms in total. The van der Waals surface area contributed by atoms with Crippen LogP contribution in [0.15, 0.2) is 41.6 Å². The van der Waals surface area contributed by atoms with Crippen LogP contribution in [-0.2, 0) is 10.0 Å². The predicted octanol–water partition coefficient (Wildman–Crippen LogP) is 2.26. The molecule has 122 valence electrons. The summed E-state index contributed by atoms with van der Waals surface area (Å²) in [6, 6.07) is 6.94. The maximum atomic E-state index is 12.8. The molecule has 0 atom stereocenters. The normalized spacial score (nSPS) is 12.4. The topological polar surface area (TPSA) is 76.3 Å². The highest BCUT2D eigenvalue weighted by molar-refractivity contribution is 7.89. The molecule has 0 amide bonds. The SMILES string of the molecule is CN(CC(C)(C)CN)S(=O)(=O)c1cccc2cnccc12.Cl. The lowest BCUT2D eigenvalue weighted by molar-refractivity contribution is 0.292. The molecule has 0 fully saturated rings. The Labute approximate surface area is 138 Å². The molecule has 1 aromatic carbocycles. The van der Waals surface area contributed by atoms with E-state index in [1.165, 1.54) is 4.31 Å². The van der Waals surface area contributed by atoms with E-state index in [0.717, 1.165) is 5.39 Å². The Kier molecular flexibility index (Phi) is 5.92. The molecule has 2 rings (SSSR count). The van der Waals surface area contributed by atoms with Crippen LogP contribution in [0.2, 0.25) is 0 Å². The standard InChI is InChI=1S/C15H21N3O2S.ClH/c1-15(2,10-16)11-18(3)21(19,20)14-6-4-5-12-9-17-8-7-13(12)14;/h4-9H,10-11,16H2,1-3H3;1H. The summed E-state index contributed by atoms with van der Waals surface area (Å²) in [4.78, 5) is 4.33. The third kappa shape index (κ3) is 3.76. The van der Waals surface area contributed by atoms with Crippen molar-refractivity contribution >= 4 is 33.2 Å². The van der Waals surface area contributed by atoms with Crippen molar-refractivity contribution in [1.82, 2.24) is 9.29 Å². The van der Waals surface area contributed by atoms with Crippen molar-refractivity contribution < 1.29 is 8.42 Å². The lowest BCUT2D eigenvalue weighted by Gasteiger charge is -2.28. The highest BCUT2D eigenvalue weighted by Crippen LogP contribution is 2.26. The zero-order valence-electron chi connectivity index (χ0n) is 13.0. The lowest BCUT2D eigenvalue weighted by atomic mass is 9.94. The number of aromatic nitrogens is 1. The van der Waals surface area contributed by atoms with E-state index < -0.39 is 10.0 Å². The number of hydrogen-bond donors (Lipinski definition) is 1. The first-order valence-electron chi connectivity index (χ1n) is 6.77. The summed E-state index contributed by atoms with van der Waals surface area (Å²) >= 11 is 0. The number of nitrogens with zero attached hydrogens (tertiary/aromatic N) is 2. The number of rotatable bonds is 5. The number of halogens is 1. The fourth-order valence-electron chi connectivity index (χ4n) is 2.24. The van der Waals surface area contributed by atoms with Crippen LogP contribution >= 0.6 is 12.4 Å². The largest absolute Gasteiger partial charge is 0.330 e. The van der Waals surface area contributed by atoms with Gasteiger partial charge in [-0.05, 0) is 24.1 Å². The number of nitrogens with two attached hydrogens (primary N) is 1. The van der Waals surface area contributed by atoms with E-state index in [1.54, 1.807) is 37.6 Å². The van der Waals surface area contributed by atoms with Crippen LogP contribution in [0.1, 0.15) is 13.8 Å². The highest BCUT2D eigenvalue weighted by Gasteiger charge is 2.28. The maximum absolute atomic E-state index is 12.8. The Morgan fingerprint density at radius 1 is 1.27 bits per heavy atom. The summed E-state index contributed by atoms with van der Waals surface area (Å²) in [5.41, 5.74) is 5.43. The van der Waals surface area contributed by atoms with Gasteiger partial charge in [-0.1, -0.05) is 26.0 Å². The van der Waals surface area contributed by atoms with E-state index in [4.69, 9.17) is 5.73 Å². The smallest absolute Gasteiger partial charge is 0.243 e. The Balaban J connectivity index is 0.00000242. The van der Waals surface area contributed by atoms with E-state index in [9.17, 15) is 8.42 Å². The summed E-state index contributed by atoms with van der Waals surface area (Å²) in [6.07, 6.45) is 3.27. The van der Waals surface area contributed by atoms with Crippen molar-refractivity contribution in [3.8, 4) is 0 Å². The van der Waals surface area contributed by atoms with Gasteiger partial charge in [0.15, 0.2) is 0 Å². The lowest BCUT2D eigenvalue weighted by Crippen LogP contribution is -2.39. The van der Waals surface area contributed by atoms with E-state index >= 15 is 0 Å². The van der Waals surface area contributed by atoms with E-state index in [1.807, 2.05) is 19.9 Å². The van der Waals surface area contributed by atoms with Gasteiger partial charge in [-0.15, -0.1) is 12.4 Å². The molecule has 0 unspecified atom stereocenters. The second-order valence-electron chi connectivity index (χ2n) is 5.98. The van der Waals surface area contributed by atoms with Gasteiger partial charge < -0.3 is 5.73 Å². The number of fused-ring (bicyclic) bond motifs is 1. The monoisotopic (exact) mass is 343 g/mol. The summed E-state index contributed by atoms with van der Waals surface area (Å²) in [5.74, 6) is 0. The predicted molar refractivity (Wildman–Crippen MR) is 91.6 cm³/mol. The molecule has 0 saturated carbocycles. The molecular weight excluding hydrogens is 322 g/mol. The Morgan fingerprint density at radius 2 is 1.95 bits per heavy atom. The van der Waals surface area contributed by atoms with Crippen LogP contribution in [0.3, 0.4) is 0 Å². The zero-order valence-corrected chi connectivity index (χ0v) is 14.6. The molecular formula is C15H22ClN3O2S. The van der Waals surface area contributed by atoms with Gasteiger partial charge >= 0.3 is 0 Å². The molecule has 0 bridgehead atoms. The zero-order chi connectivity index (χ0) is 15.7. The number of pyridine rings is 1. The average molecular weight is 344 g/mol. The van der Waals surface area contributed by atoms with Crippen LogP contribution < -0.4 is 5.73 Å².